The second-order valence-electron chi connectivity index (χ2n) is 7.02. The van der Waals surface area contributed by atoms with Crippen LogP contribution in [0.25, 0.3) is 0 Å². The molecule has 7 heteroatoms. The lowest BCUT2D eigenvalue weighted by atomic mass is 9.94. The third-order valence-electron chi connectivity index (χ3n) is 5.18. The number of piperidine rings is 1. The van der Waals surface area contributed by atoms with E-state index in [4.69, 9.17) is 4.52 Å². The maximum Gasteiger partial charge on any atom is 0.230 e. The number of nitrogens with zero attached hydrogens (tertiary/aromatic N) is 2. The number of nitrogens with one attached hydrogen (secondary N) is 1. The summed E-state index contributed by atoms with van der Waals surface area (Å²) in [6.07, 6.45) is 3.38. The van der Waals surface area contributed by atoms with E-state index in [9.17, 15) is 8.42 Å². The molecule has 1 aromatic carbocycles. The van der Waals surface area contributed by atoms with Gasteiger partial charge in [-0.05, 0) is 50.3 Å². The van der Waals surface area contributed by atoms with Gasteiger partial charge in [0.2, 0.25) is 5.89 Å². The highest BCUT2D eigenvalue weighted by Gasteiger charge is 2.57. The van der Waals surface area contributed by atoms with Gasteiger partial charge in [-0.25, -0.2) is 8.42 Å². The van der Waals surface area contributed by atoms with Crippen LogP contribution in [0.3, 0.4) is 0 Å². The number of aryl methyl sites for hydroxylation is 1. The second-order valence-corrected chi connectivity index (χ2v) is 9.01. The first-order valence-corrected chi connectivity index (χ1v) is 9.96. The van der Waals surface area contributed by atoms with Crippen LogP contribution in [0, 0.1) is 12.3 Å². The highest BCUT2D eigenvalue weighted by atomic mass is 32.2. The molecule has 0 amide bonds. The van der Waals surface area contributed by atoms with Gasteiger partial charge in [0.1, 0.15) is 5.75 Å². The number of sulfone groups is 1. The zero-order valence-electron chi connectivity index (χ0n) is 13.7. The van der Waals surface area contributed by atoms with Crippen molar-refractivity contribution in [2.75, 3.05) is 13.1 Å². The van der Waals surface area contributed by atoms with Crippen molar-refractivity contribution in [3.05, 3.63) is 41.5 Å². The van der Waals surface area contributed by atoms with Crippen molar-refractivity contribution in [2.45, 2.75) is 42.8 Å². The highest BCUT2D eigenvalue weighted by Crippen LogP contribution is 2.62. The molecule has 0 radical (unpaired) electrons. The molecule has 1 N–H and O–H groups in total. The van der Waals surface area contributed by atoms with E-state index in [1.807, 2.05) is 6.92 Å². The Hall–Kier alpha value is -1.73. The lowest BCUT2D eigenvalue weighted by Crippen LogP contribution is -2.31. The van der Waals surface area contributed by atoms with Gasteiger partial charge in [0, 0.05) is 12.5 Å². The molecule has 2 fully saturated rings. The lowest BCUT2D eigenvalue weighted by molar-refractivity contribution is 0.313. The molecular formula is C17H21N3O3S. The molecule has 1 spiro atoms. The van der Waals surface area contributed by atoms with Crippen LogP contribution in [0.4, 0.5) is 0 Å². The van der Waals surface area contributed by atoms with Gasteiger partial charge in [-0.15, -0.1) is 0 Å². The molecule has 6 nitrogen and oxygen atoms in total. The maximum atomic E-state index is 12.5. The maximum absolute atomic E-state index is 12.5. The second kappa shape index (κ2) is 5.67. The van der Waals surface area contributed by atoms with Gasteiger partial charge in [0.25, 0.3) is 0 Å². The fourth-order valence-corrected chi connectivity index (χ4v) is 4.80. The van der Waals surface area contributed by atoms with Gasteiger partial charge >= 0.3 is 0 Å². The van der Waals surface area contributed by atoms with Crippen LogP contribution >= 0.6 is 0 Å². The normalized spacial score (nSPS) is 26.6. The number of hydrogen-bond donors (Lipinski definition) is 1. The Balaban J connectivity index is 1.48. The molecule has 2 unspecified atom stereocenters. The molecule has 24 heavy (non-hydrogen) atoms. The number of aromatic nitrogens is 2. The SMILES string of the molecule is Cc1ccc(S(=O)(=O)Cc2noc(C3CC34CCCNC4)n2)cc1. The molecule has 2 aliphatic rings. The Morgan fingerprint density at radius 1 is 1.33 bits per heavy atom. The molecule has 1 aromatic heterocycles. The minimum absolute atomic E-state index is 0.225. The minimum Gasteiger partial charge on any atom is -0.339 e. The van der Waals surface area contributed by atoms with Crippen molar-refractivity contribution in [3.63, 3.8) is 0 Å². The zero-order chi connectivity index (χ0) is 16.8. The Labute approximate surface area is 141 Å². The van der Waals surface area contributed by atoms with Crippen molar-refractivity contribution in [2.24, 2.45) is 5.41 Å². The molecule has 1 saturated carbocycles. The Morgan fingerprint density at radius 3 is 2.83 bits per heavy atom. The molecule has 2 atom stereocenters. The summed E-state index contributed by atoms with van der Waals surface area (Å²) in [6.45, 7) is 3.98. The molecule has 2 heterocycles. The topological polar surface area (TPSA) is 85.1 Å². The van der Waals surface area contributed by atoms with Crippen molar-refractivity contribution in [1.29, 1.82) is 0 Å². The molecule has 128 valence electrons. The van der Waals surface area contributed by atoms with Crippen molar-refractivity contribution in [3.8, 4) is 0 Å². The molecule has 1 aliphatic heterocycles. The van der Waals surface area contributed by atoms with E-state index >= 15 is 0 Å². The first kappa shape index (κ1) is 15.8. The van der Waals surface area contributed by atoms with E-state index in [2.05, 4.69) is 15.5 Å². The van der Waals surface area contributed by atoms with Crippen LogP contribution in [0.2, 0.25) is 0 Å². The largest absolute Gasteiger partial charge is 0.339 e. The van der Waals surface area contributed by atoms with Gasteiger partial charge in [0.15, 0.2) is 15.7 Å². The Morgan fingerprint density at radius 2 is 2.12 bits per heavy atom. The van der Waals surface area contributed by atoms with Gasteiger partial charge in [-0.3, -0.25) is 0 Å². The standard InChI is InChI=1S/C17H21N3O3S/c1-12-3-5-13(6-4-12)24(21,22)10-15-19-16(23-20-15)14-9-17(14)7-2-8-18-11-17/h3-6,14,18H,2,7-11H2,1H3. The number of hydrogen-bond acceptors (Lipinski definition) is 6. The monoisotopic (exact) mass is 347 g/mol. The Bertz CT molecular complexity index is 836. The zero-order valence-corrected chi connectivity index (χ0v) is 14.5. The first-order chi connectivity index (χ1) is 11.5. The summed E-state index contributed by atoms with van der Waals surface area (Å²) in [5, 5.41) is 7.32. The fourth-order valence-electron chi connectivity index (χ4n) is 3.63. The summed E-state index contributed by atoms with van der Waals surface area (Å²) in [5.74, 6) is 0.884. The third-order valence-corrected chi connectivity index (χ3v) is 6.80. The summed E-state index contributed by atoms with van der Waals surface area (Å²) in [5.41, 5.74) is 1.27. The first-order valence-electron chi connectivity index (χ1n) is 8.31. The molecule has 0 bridgehead atoms. The van der Waals surface area contributed by atoms with Crippen molar-refractivity contribution >= 4 is 9.84 Å². The van der Waals surface area contributed by atoms with E-state index < -0.39 is 9.84 Å². The number of benzene rings is 1. The van der Waals surface area contributed by atoms with Crippen LogP contribution < -0.4 is 5.32 Å². The van der Waals surface area contributed by atoms with Crippen LogP contribution in [-0.2, 0) is 15.6 Å². The summed E-state index contributed by atoms with van der Waals surface area (Å²) in [4.78, 5) is 4.66. The van der Waals surface area contributed by atoms with Crippen LogP contribution in [0.5, 0.6) is 0 Å². The van der Waals surface area contributed by atoms with E-state index in [1.54, 1.807) is 24.3 Å². The predicted octanol–water partition coefficient (Wildman–Crippen LogP) is 2.21. The quantitative estimate of drug-likeness (QED) is 0.913. The molecule has 1 saturated heterocycles. The van der Waals surface area contributed by atoms with Crippen LogP contribution in [-0.4, -0.2) is 31.6 Å². The molecule has 4 rings (SSSR count). The van der Waals surface area contributed by atoms with Crippen LogP contribution in [0.1, 0.15) is 42.5 Å². The molecular weight excluding hydrogens is 326 g/mol. The average Bonchev–Trinajstić information content (AvgIpc) is 3.03. The van der Waals surface area contributed by atoms with E-state index in [1.165, 1.54) is 12.8 Å². The average molecular weight is 347 g/mol. The molecule has 2 aromatic rings. The predicted molar refractivity (Wildman–Crippen MR) is 88.3 cm³/mol. The molecule has 1 aliphatic carbocycles. The summed E-state index contributed by atoms with van der Waals surface area (Å²) < 4.78 is 30.3. The van der Waals surface area contributed by atoms with Gasteiger partial charge in [0.05, 0.1) is 4.90 Å². The van der Waals surface area contributed by atoms with E-state index in [0.717, 1.165) is 25.1 Å². The summed E-state index contributed by atoms with van der Waals surface area (Å²) in [6, 6.07) is 6.82. The Kier molecular flexibility index (Phi) is 3.73. The van der Waals surface area contributed by atoms with Crippen molar-refractivity contribution < 1.29 is 12.9 Å². The summed E-state index contributed by atoms with van der Waals surface area (Å²) >= 11 is 0. The van der Waals surface area contributed by atoms with Gasteiger partial charge in [-0.1, -0.05) is 22.9 Å². The summed E-state index contributed by atoms with van der Waals surface area (Å²) in [7, 11) is -3.45. The fraction of sp³-hybridized carbons (Fsp3) is 0.529. The van der Waals surface area contributed by atoms with E-state index in [0.29, 0.717) is 10.8 Å². The van der Waals surface area contributed by atoms with Gasteiger partial charge < -0.3 is 9.84 Å². The highest BCUT2D eigenvalue weighted by molar-refractivity contribution is 7.90. The number of rotatable bonds is 4. The lowest BCUT2D eigenvalue weighted by Gasteiger charge is -2.22. The van der Waals surface area contributed by atoms with E-state index in [-0.39, 0.29) is 22.9 Å². The smallest absolute Gasteiger partial charge is 0.230 e. The third kappa shape index (κ3) is 2.86. The van der Waals surface area contributed by atoms with Gasteiger partial charge in [-0.2, -0.15) is 4.98 Å². The minimum atomic E-state index is -3.45. The van der Waals surface area contributed by atoms with Crippen LogP contribution in [0.15, 0.2) is 33.7 Å². The van der Waals surface area contributed by atoms with Crippen molar-refractivity contribution in [1.82, 2.24) is 15.5 Å².